The SMILES string of the molecule is Cn1ncc2c1-c1cscc1CC2. The number of fused-ring (bicyclic) bond motifs is 3. The number of hydrogen-bond donors (Lipinski definition) is 0. The van der Waals surface area contributed by atoms with Crippen molar-refractivity contribution in [2.45, 2.75) is 12.8 Å². The predicted octanol–water partition coefficient (Wildman–Crippen LogP) is 2.25. The summed E-state index contributed by atoms with van der Waals surface area (Å²) >= 11 is 1.79. The molecular formula is C10H10N2S. The summed E-state index contributed by atoms with van der Waals surface area (Å²) in [6, 6.07) is 0. The van der Waals surface area contributed by atoms with Crippen molar-refractivity contribution in [3.8, 4) is 11.3 Å². The third-order valence-corrected chi connectivity index (χ3v) is 3.47. The van der Waals surface area contributed by atoms with Crippen LogP contribution in [-0.2, 0) is 19.9 Å². The molecule has 0 radical (unpaired) electrons. The van der Waals surface area contributed by atoms with Crippen molar-refractivity contribution in [3.63, 3.8) is 0 Å². The van der Waals surface area contributed by atoms with Crippen molar-refractivity contribution in [1.29, 1.82) is 0 Å². The average Bonchev–Trinajstić information content (AvgIpc) is 2.70. The molecule has 0 bridgehead atoms. The molecule has 66 valence electrons. The molecule has 2 nitrogen and oxygen atoms in total. The van der Waals surface area contributed by atoms with Crippen LogP contribution >= 0.6 is 11.3 Å². The zero-order chi connectivity index (χ0) is 8.84. The Morgan fingerprint density at radius 2 is 2.15 bits per heavy atom. The van der Waals surface area contributed by atoms with Gasteiger partial charge in [-0.2, -0.15) is 16.4 Å². The molecule has 0 N–H and O–H groups in total. The fourth-order valence-electron chi connectivity index (χ4n) is 2.01. The van der Waals surface area contributed by atoms with Crippen LogP contribution in [0.15, 0.2) is 17.0 Å². The Labute approximate surface area is 80.8 Å². The lowest BCUT2D eigenvalue weighted by atomic mass is 9.94. The van der Waals surface area contributed by atoms with E-state index in [2.05, 4.69) is 15.9 Å². The molecule has 0 spiro atoms. The van der Waals surface area contributed by atoms with Crippen molar-refractivity contribution in [2.24, 2.45) is 7.05 Å². The molecule has 1 aliphatic carbocycles. The Balaban J connectivity index is 2.34. The van der Waals surface area contributed by atoms with E-state index in [1.54, 1.807) is 11.3 Å². The van der Waals surface area contributed by atoms with Gasteiger partial charge in [0.25, 0.3) is 0 Å². The summed E-state index contributed by atoms with van der Waals surface area (Å²) < 4.78 is 1.99. The maximum absolute atomic E-state index is 4.30. The van der Waals surface area contributed by atoms with E-state index < -0.39 is 0 Å². The van der Waals surface area contributed by atoms with Gasteiger partial charge < -0.3 is 0 Å². The second-order valence-corrected chi connectivity index (χ2v) is 4.20. The van der Waals surface area contributed by atoms with E-state index in [4.69, 9.17) is 0 Å². The van der Waals surface area contributed by atoms with Crippen LogP contribution in [-0.4, -0.2) is 9.78 Å². The summed E-state index contributed by atoms with van der Waals surface area (Å²) in [5.74, 6) is 0. The standard InChI is InChI=1S/C10H10N2S/c1-12-10-7(4-11-12)2-3-8-5-13-6-9(8)10/h4-6H,2-3H2,1H3. The Morgan fingerprint density at radius 3 is 3.08 bits per heavy atom. The first-order valence-corrected chi connectivity index (χ1v) is 5.37. The number of nitrogens with zero attached hydrogens (tertiary/aromatic N) is 2. The van der Waals surface area contributed by atoms with Gasteiger partial charge in [-0.25, -0.2) is 0 Å². The first-order chi connectivity index (χ1) is 6.36. The Kier molecular flexibility index (Phi) is 1.38. The van der Waals surface area contributed by atoms with Crippen LogP contribution in [0.3, 0.4) is 0 Å². The van der Waals surface area contributed by atoms with E-state index in [1.807, 2.05) is 17.9 Å². The zero-order valence-electron chi connectivity index (χ0n) is 7.45. The van der Waals surface area contributed by atoms with Crippen molar-refractivity contribution in [3.05, 3.63) is 28.1 Å². The number of aromatic nitrogens is 2. The molecule has 3 heteroatoms. The topological polar surface area (TPSA) is 17.8 Å². The first kappa shape index (κ1) is 7.33. The minimum atomic E-state index is 1.15. The fraction of sp³-hybridized carbons (Fsp3) is 0.300. The molecule has 2 aromatic rings. The quantitative estimate of drug-likeness (QED) is 0.623. The smallest absolute Gasteiger partial charge is 0.0722 e. The van der Waals surface area contributed by atoms with Crippen LogP contribution < -0.4 is 0 Å². The van der Waals surface area contributed by atoms with Gasteiger partial charge in [-0.05, 0) is 29.3 Å². The largest absolute Gasteiger partial charge is 0.268 e. The van der Waals surface area contributed by atoms with Gasteiger partial charge in [-0.15, -0.1) is 0 Å². The lowest BCUT2D eigenvalue weighted by Crippen LogP contribution is -2.03. The Morgan fingerprint density at radius 1 is 1.31 bits per heavy atom. The van der Waals surface area contributed by atoms with Gasteiger partial charge >= 0.3 is 0 Å². The molecule has 0 atom stereocenters. The maximum Gasteiger partial charge on any atom is 0.0722 e. The van der Waals surface area contributed by atoms with Crippen LogP contribution in [0.4, 0.5) is 0 Å². The molecule has 0 aliphatic heterocycles. The minimum absolute atomic E-state index is 1.15. The average molecular weight is 190 g/mol. The molecule has 1 aliphatic rings. The Bertz CT molecular complexity index is 453. The monoisotopic (exact) mass is 190 g/mol. The molecule has 0 unspecified atom stereocenters. The second kappa shape index (κ2) is 2.45. The van der Waals surface area contributed by atoms with Gasteiger partial charge in [0.1, 0.15) is 0 Å². The highest BCUT2D eigenvalue weighted by molar-refractivity contribution is 7.08. The summed E-state index contributed by atoms with van der Waals surface area (Å²) in [5.41, 5.74) is 5.60. The Hall–Kier alpha value is -1.09. The van der Waals surface area contributed by atoms with Gasteiger partial charge in [0.2, 0.25) is 0 Å². The fourth-order valence-corrected chi connectivity index (χ4v) is 2.88. The molecular weight excluding hydrogens is 180 g/mol. The highest BCUT2D eigenvalue weighted by Crippen LogP contribution is 2.34. The van der Waals surface area contributed by atoms with E-state index in [9.17, 15) is 0 Å². The highest BCUT2D eigenvalue weighted by Gasteiger charge is 2.19. The number of thiophene rings is 1. The van der Waals surface area contributed by atoms with Crippen molar-refractivity contribution >= 4 is 11.3 Å². The van der Waals surface area contributed by atoms with Crippen molar-refractivity contribution < 1.29 is 0 Å². The normalized spacial score (nSPS) is 13.9. The summed E-state index contributed by atoms with van der Waals surface area (Å²) in [7, 11) is 2.02. The molecule has 0 aromatic carbocycles. The summed E-state index contributed by atoms with van der Waals surface area (Å²) in [5, 5.41) is 8.78. The predicted molar refractivity (Wildman–Crippen MR) is 53.9 cm³/mol. The third-order valence-electron chi connectivity index (χ3n) is 2.68. The van der Waals surface area contributed by atoms with Crippen LogP contribution in [0.2, 0.25) is 0 Å². The van der Waals surface area contributed by atoms with Gasteiger partial charge in [-0.3, -0.25) is 4.68 Å². The van der Waals surface area contributed by atoms with E-state index in [1.165, 1.54) is 28.8 Å². The second-order valence-electron chi connectivity index (χ2n) is 3.45. The van der Waals surface area contributed by atoms with E-state index in [-0.39, 0.29) is 0 Å². The molecule has 2 heterocycles. The van der Waals surface area contributed by atoms with Gasteiger partial charge in [-0.1, -0.05) is 0 Å². The lowest BCUT2D eigenvalue weighted by Gasteiger charge is -2.12. The number of rotatable bonds is 0. The van der Waals surface area contributed by atoms with Gasteiger partial charge in [0, 0.05) is 18.0 Å². The molecule has 13 heavy (non-hydrogen) atoms. The minimum Gasteiger partial charge on any atom is -0.268 e. The molecule has 2 aromatic heterocycles. The first-order valence-electron chi connectivity index (χ1n) is 4.42. The third kappa shape index (κ3) is 0.907. The van der Waals surface area contributed by atoms with Crippen LogP contribution in [0, 0.1) is 0 Å². The van der Waals surface area contributed by atoms with Crippen molar-refractivity contribution in [2.75, 3.05) is 0 Å². The highest BCUT2D eigenvalue weighted by atomic mass is 32.1. The van der Waals surface area contributed by atoms with Crippen molar-refractivity contribution in [1.82, 2.24) is 9.78 Å². The van der Waals surface area contributed by atoms with Crippen LogP contribution in [0.1, 0.15) is 11.1 Å². The molecule has 0 saturated carbocycles. The number of aryl methyl sites for hydroxylation is 3. The van der Waals surface area contributed by atoms with Gasteiger partial charge in [0.15, 0.2) is 0 Å². The molecule has 0 saturated heterocycles. The molecule has 3 rings (SSSR count). The van der Waals surface area contributed by atoms with Crippen LogP contribution in [0.25, 0.3) is 11.3 Å². The summed E-state index contributed by atoms with van der Waals surface area (Å²) in [6.07, 6.45) is 4.32. The lowest BCUT2D eigenvalue weighted by molar-refractivity contribution is 0.772. The maximum atomic E-state index is 4.30. The zero-order valence-corrected chi connectivity index (χ0v) is 8.27. The van der Waals surface area contributed by atoms with E-state index >= 15 is 0 Å². The number of hydrogen-bond acceptors (Lipinski definition) is 2. The molecule has 0 amide bonds. The summed E-state index contributed by atoms with van der Waals surface area (Å²) in [4.78, 5) is 0. The van der Waals surface area contributed by atoms with Crippen LogP contribution in [0.5, 0.6) is 0 Å². The molecule has 0 fully saturated rings. The van der Waals surface area contributed by atoms with Gasteiger partial charge in [0.05, 0.1) is 11.9 Å². The summed E-state index contributed by atoms with van der Waals surface area (Å²) in [6.45, 7) is 0. The van der Waals surface area contributed by atoms with E-state index in [0.717, 1.165) is 6.42 Å². The van der Waals surface area contributed by atoms with E-state index in [0.29, 0.717) is 0 Å².